The van der Waals surface area contributed by atoms with Crippen LogP contribution in [0.3, 0.4) is 0 Å². The van der Waals surface area contributed by atoms with Crippen LogP contribution < -0.4 is 10.2 Å². The van der Waals surface area contributed by atoms with Gasteiger partial charge in [-0.2, -0.15) is 5.10 Å². The normalized spacial score (nSPS) is 10.1. The van der Waals surface area contributed by atoms with Gasteiger partial charge in [0.2, 0.25) is 11.1 Å². The number of nitrogens with zero attached hydrogens (tertiary/aromatic N) is 5. The molecule has 35 heavy (non-hydrogen) atoms. The Kier molecular flexibility index (Phi) is 11.1. The maximum Gasteiger partial charge on any atom is 0.343 e. The van der Waals surface area contributed by atoms with Gasteiger partial charge < -0.3 is 14.2 Å². The lowest BCUT2D eigenvalue weighted by Gasteiger charge is -2.08. The Bertz CT molecular complexity index is 1390. The number of esters is 2. The van der Waals surface area contributed by atoms with Crippen molar-refractivity contribution in [2.24, 2.45) is 0 Å². The van der Waals surface area contributed by atoms with Crippen molar-refractivity contribution in [1.29, 1.82) is 0 Å². The monoisotopic (exact) mass is 726 g/mol. The molecule has 0 saturated heterocycles. The molecule has 0 amide bonds. The first kappa shape index (κ1) is 28.7. The summed E-state index contributed by atoms with van der Waals surface area (Å²) in [7, 11) is 1.47. The molecule has 4 rings (SSSR count). The fraction of sp³-hybridized carbons (Fsp3) is 0.300. The van der Waals surface area contributed by atoms with Crippen LogP contribution in [0.5, 0.6) is 5.75 Å². The van der Waals surface area contributed by atoms with Crippen molar-refractivity contribution in [2.45, 2.75) is 13.8 Å². The van der Waals surface area contributed by atoms with Crippen molar-refractivity contribution < 1.29 is 23.8 Å². The van der Waals surface area contributed by atoms with Crippen molar-refractivity contribution in [1.82, 2.24) is 29.2 Å². The summed E-state index contributed by atoms with van der Waals surface area (Å²) >= 11 is 8.65. The standard InChI is InChI=1S/C10H10BrN3O3.C9H8BrN3O3.CH3I/c1-3-17-10(15)6-4-13-14-7(11)5-12-9(14)8(6)16-2;1-2-16-9(15)5-3-12-13-6(10)4-11-8(13)7(5)14;1-2/h4-5H,3H2,1-2H3;3-4,12H,2H2,1H3;1H3. The third kappa shape index (κ3) is 6.38. The van der Waals surface area contributed by atoms with Crippen LogP contribution in [0.4, 0.5) is 0 Å². The molecule has 0 atom stereocenters. The minimum Gasteiger partial charge on any atom is -0.492 e. The van der Waals surface area contributed by atoms with E-state index in [2.05, 4.69) is 74.6 Å². The maximum atomic E-state index is 11.8. The van der Waals surface area contributed by atoms with E-state index in [4.69, 9.17) is 14.2 Å². The highest BCUT2D eigenvalue weighted by molar-refractivity contribution is 14.1. The van der Waals surface area contributed by atoms with Crippen LogP contribution >= 0.6 is 54.5 Å². The highest BCUT2D eigenvalue weighted by atomic mass is 127. The van der Waals surface area contributed by atoms with Crippen LogP contribution in [0.15, 0.2) is 38.8 Å². The molecule has 0 aliphatic carbocycles. The van der Waals surface area contributed by atoms with Gasteiger partial charge in [-0.05, 0) is 50.6 Å². The third-order valence-corrected chi connectivity index (χ3v) is 5.25. The number of nitrogens with one attached hydrogen (secondary N) is 1. The number of carbonyl (C=O) groups is 2. The Morgan fingerprint density at radius 2 is 1.54 bits per heavy atom. The average molecular weight is 728 g/mol. The Balaban J connectivity index is 0.000000231. The van der Waals surface area contributed by atoms with Crippen LogP contribution in [0.2, 0.25) is 0 Å². The van der Waals surface area contributed by atoms with Gasteiger partial charge in [-0.3, -0.25) is 9.89 Å². The van der Waals surface area contributed by atoms with E-state index in [1.54, 1.807) is 20.0 Å². The molecular weight excluding hydrogens is 707 g/mol. The summed E-state index contributed by atoms with van der Waals surface area (Å²) in [5.41, 5.74) is 0.373. The third-order valence-electron chi connectivity index (χ3n) is 4.15. The summed E-state index contributed by atoms with van der Waals surface area (Å²) in [6.45, 7) is 3.94. The van der Waals surface area contributed by atoms with E-state index in [1.807, 2.05) is 4.93 Å². The zero-order valence-corrected chi connectivity index (χ0v) is 24.4. The molecule has 0 unspecified atom stereocenters. The molecule has 15 heteroatoms. The van der Waals surface area contributed by atoms with Gasteiger partial charge in [0.1, 0.15) is 20.3 Å². The molecule has 1 N–H and O–H groups in total. The topological polar surface area (TPSA) is 142 Å². The number of ether oxygens (including phenoxy) is 3. The van der Waals surface area contributed by atoms with E-state index >= 15 is 0 Å². The van der Waals surface area contributed by atoms with Gasteiger partial charge in [0, 0.05) is 6.20 Å². The van der Waals surface area contributed by atoms with Crippen LogP contribution in [0.25, 0.3) is 11.3 Å². The van der Waals surface area contributed by atoms with Gasteiger partial charge >= 0.3 is 11.9 Å². The van der Waals surface area contributed by atoms with Gasteiger partial charge in [-0.25, -0.2) is 28.6 Å². The van der Waals surface area contributed by atoms with Crippen molar-refractivity contribution in [3.05, 3.63) is 55.3 Å². The van der Waals surface area contributed by atoms with E-state index in [0.29, 0.717) is 27.2 Å². The molecule has 0 saturated carbocycles. The number of imidazole rings is 2. The second-order valence-electron chi connectivity index (χ2n) is 6.10. The summed E-state index contributed by atoms with van der Waals surface area (Å²) in [6, 6.07) is 0. The highest BCUT2D eigenvalue weighted by Gasteiger charge is 2.19. The molecule has 0 spiro atoms. The first-order valence-electron chi connectivity index (χ1n) is 9.86. The Morgan fingerprint density at radius 1 is 0.971 bits per heavy atom. The number of fused-ring (bicyclic) bond motifs is 2. The summed E-state index contributed by atoms with van der Waals surface area (Å²) in [5.74, 6) is -0.770. The first-order valence-corrected chi connectivity index (χ1v) is 13.6. The van der Waals surface area contributed by atoms with Crippen molar-refractivity contribution >= 4 is 77.7 Å². The molecular formula is C20H21Br2IN6O6. The van der Waals surface area contributed by atoms with Crippen LogP contribution in [-0.2, 0) is 9.47 Å². The fourth-order valence-electron chi connectivity index (χ4n) is 2.73. The number of hydrogen-bond donors (Lipinski definition) is 1. The number of aromatic amines is 1. The lowest BCUT2D eigenvalue weighted by atomic mass is 10.3. The zero-order valence-electron chi connectivity index (χ0n) is 19.0. The zero-order chi connectivity index (χ0) is 26.1. The quantitative estimate of drug-likeness (QED) is 0.185. The number of carbonyl (C=O) groups excluding carboxylic acids is 2. The van der Waals surface area contributed by atoms with Crippen molar-refractivity contribution in [3.8, 4) is 5.75 Å². The summed E-state index contributed by atoms with van der Waals surface area (Å²) in [6.07, 6.45) is 5.76. The number of methoxy groups -OCH3 is 1. The molecule has 0 bridgehead atoms. The lowest BCUT2D eigenvalue weighted by Crippen LogP contribution is -2.20. The van der Waals surface area contributed by atoms with Crippen LogP contribution in [-0.4, -0.2) is 66.4 Å². The molecule has 188 valence electrons. The molecule has 4 heterocycles. The van der Waals surface area contributed by atoms with Gasteiger partial charge in [0.05, 0.1) is 38.9 Å². The molecule has 0 radical (unpaired) electrons. The molecule has 4 aromatic rings. The van der Waals surface area contributed by atoms with Gasteiger partial charge in [0.15, 0.2) is 11.4 Å². The van der Waals surface area contributed by atoms with E-state index < -0.39 is 17.4 Å². The average Bonchev–Trinajstić information content (AvgIpc) is 3.43. The second kappa shape index (κ2) is 13.5. The van der Waals surface area contributed by atoms with Gasteiger partial charge in [-0.1, -0.05) is 22.6 Å². The van der Waals surface area contributed by atoms with E-state index in [9.17, 15) is 14.4 Å². The number of halogens is 3. The molecule has 12 nitrogen and oxygen atoms in total. The van der Waals surface area contributed by atoms with Crippen molar-refractivity contribution in [2.75, 3.05) is 25.3 Å². The summed E-state index contributed by atoms with van der Waals surface area (Å²) in [4.78, 5) is 44.9. The van der Waals surface area contributed by atoms with Crippen LogP contribution in [0.1, 0.15) is 34.6 Å². The summed E-state index contributed by atoms with van der Waals surface area (Å²) in [5, 5.41) is 6.83. The summed E-state index contributed by atoms with van der Waals surface area (Å²) < 4.78 is 19.1. The smallest absolute Gasteiger partial charge is 0.343 e. The van der Waals surface area contributed by atoms with E-state index in [0.717, 1.165) is 0 Å². The Hall–Kier alpha value is -2.53. The number of H-pyrrole nitrogens is 1. The number of alkyl halides is 1. The first-order chi connectivity index (χ1) is 16.8. The number of hydrogen-bond acceptors (Lipinski definition) is 9. The Labute approximate surface area is 229 Å². The predicted octanol–water partition coefficient (Wildman–Crippen LogP) is 3.69. The molecule has 0 aliphatic heterocycles. The minimum atomic E-state index is -0.648. The molecule has 0 fully saturated rings. The maximum absolute atomic E-state index is 11.8. The molecule has 0 aromatic carbocycles. The predicted molar refractivity (Wildman–Crippen MR) is 143 cm³/mol. The second-order valence-corrected chi connectivity index (χ2v) is 7.73. The molecule has 4 aromatic heterocycles. The van der Waals surface area contributed by atoms with E-state index in [1.165, 1.54) is 34.7 Å². The highest BCUT2D eigenvalue weighted by Crippen LogP contribution is 2.25. The van der Waals surface area contributed by atoms with Crippen molar-refractivity contribution in [3.63, 3.8) is 0 Å². The van der Waals surface area contributed by atoms with Gasteiger partial charge in [0.25, 0.3) is 0 Å². The fourth-order valence-corrected chi connectivity index (χ4v) is 3.46. The van der Waals surface area contributed by atoms with Crippen LogP contribution in [0, 0.1) is 0 Å². The number of aromatic nitrogens is 6. The molecule has 0 aliphatic rings. The number of rotatable bonds is 5. The van der Waals surface area contributed by atoms with Gasteiger partial charge in [-0.15, -0.1) is 0 Å². The van der Waals surface area contributed by atoms with E-state index in [-0.39, 0.29) is 23.4 Å². The Morgan fingerprint density at radius 3 is 2.14 bits per heavy atom. The largest absolute Gasteiger partial charge is 0.492 e. The lowest BCUT2D eigenvalue weighted by molar-refractivity contribution is 0.0513. The minimum absolute atomic E-state index is 0.0487. The SMILES string of the molecule is CCOC(=O)c1c[nH]n2c(Br)cnc2c1=O.CCOC(=O)c1cnn2c(Br)cnc2c1OC.CI.